The zero-order chi connectivity index (χ0) is 13.8. The number of nitrogens with zero attached hydrogens (tertiary/aromatic N) is 3. The molecule has 0 amide bonds. The summed E-state index contributed by atoms with van der Waals surface area (Å²) in [7, 11) is 1.69. The number of hydrogen-bond donors (Lipinski definition) is 1. The van der Waals surface area contributed by atoms with Crippen LogP contribution in [0.1, 0.15) is 31.4 Å². The van der Waals surface area contributed by atoms with Gasteiger partial charge in [-0.25, -0.2) is 4.68 Å². The molecule has 0 atom stereocenters. The van der Waals surface area contributed by atoms with Crippen molar-refractivity contribution in [3.05, 3.63) is 15.8 Å². The average molecular weight is 268 g/mol. The summed E-state index contributed by atoms with van der Waals surface area (Å²) in [6, 6.07) is 0. The van der Waals surface area contributed by atoms with Gasteiger partial charge in [0.25, 0.3) is 0 Å². The molecule has 0 bridgehead atoms. The van der Waals surface area contributed by atoms with Crippen LogP contribution in [0.15, 0.2) is 0 Å². The van der Waals surface area contributed by atoms with E-state index in [1.807, 2.05) is 0 Å². The summed E-state index contributed by atoms with van der Waals surface area (Å²) in [6.45, 7) is 2.75. The van der Waals surface area contributed by atoms with Gasteiger partial charge < -0.3 is 10.1 Å². The first-order chi connectivity index (χ1) is 9.09. The van der Waals surface area contributed by atoms with Crippen molar-refractivity contribution in [2.75, 3.05) is 18.5 Å². The molecule has 106 valence electrons. The molecule has 0 aliphatic heterocycles. The van der Waals surface area contributed by atoms with Gasteiger partial charge in [0.2, 0.25) is 5.82 Å². The van der Waals surface area contributed by atoms with Gasteiger partial charge in [-0.1, -0.05) is 12.8 Å². The number of hydrogen-bond acceptors (Lipinski definition) is 5. The Morgan fingerprint density at radius 2 is 2.21 bits per heavy atom. The Labute approximate surface area is 112 Å². The van der Waals surface area contributed by atoms with E-state index in [0.717, 1.165) is 12.8 Å². The molecule has 1 aliphatic carbocycles. The van der Waals surface area contributed by atoms with Crippen LogP contribution in [0.25, 0.3) is 0 Å². The van der Waals surface area contributed by atoms with E-state index in [-0.39, 0.29) is 5.69 Å². The van der Waals surface area contributed by atoms with Crippen LogP contribution in [0.2, 0.25) is 0 Å². The molecule has 1 N–H and O–H groups in total. The quantitative estimate of drug-likeness (QED) is 0.485. The first-order valence-electron chi connectivity index (χ1n) is 6.63. The van der Waals surface area contributed by atoms with Gasteiger partial charge in [0.1, 0.15) is 5.69 Å². The van der Waals surface area contributed by atoms with E-state index < -0.39 is 4.92 Å². The van der Waals surface area contributed by atoms with Crippen molar-refractivity contribution in [2.24, 2.45) is 7.05 Å². The molecule has 7 nitrogen and oxygen atoms in total. The second-order valence-corrected chi connectivity index (χ2v) is 4.87. The van der Waals surface area contributed by atoms with Crippen LogP contribution in [0.4, 0.5) is 11.5 Å². The van der Waals surface area contributed by atoms with Crippen LogP contribution in [0.3, 0.4) is 0 Å². The Hall–Kier alpha value is -1.63. The maximum atomic E-state index is 11.0. The molecule has 0 radical (unpaired) electrons. The molecular formula is C12H20N4O3. The fourth-order valence-corrected chi connectivity index (χ4v) is 2.51. The molecule has 1 heterocycles. The van der Waals surface area contributed by atoms with Crippen molar-refractivity contribution in [1.82, 2.24) is 9.78 Å². The maximum Gasteiger partial charge on any atom is 0.333 e. The summed E-state index contributed by atoms with van der Waals surface area (Å²) in [5, 5.41) is 18.1. The number of aromatic nitrogens is 2. The molecule has 1 aromatic rings. The molecule has 2 rings (SSSR count). The Balaban J connectivity index is 1.86. The van der Waals surface area contributed by atoms with E-state index in [4.69, 9.17) is 4.74 Å². The number of nitro groups is 1. The minimum absolute atomic E-state index is 0.0448. The summed E-state index contributed by atoms with van der Waals surface area (Å²) in [6.07, 6.45) is 5.11. The van der Waals surface area contributed by atoms with Crippen LogP contribution in [-0.2, 0) is 11.8 Å². The van der Waals surface area contributed by atoms with Crippen LogP contribution in [0.5, 0.6) is 0 Å². The molecule has 7 heteroatoms. The van der Waals surface area contributed by atoms with Gasteiger partial charge in [-0.2, -0.15) is 5.10 Å². The van der Waals surface area contributed by atoms with Crippen molar-refractivity contribution < 1.29 is 9.66 Å². The molecule has 1 saturated carbocycles. The third-order valence-electron chi connectivity index (χ3n) is 3.42. The van der Waals surface area contributed by atoms with Crippen molar-refractivity contribution in [3.63, 3.8) is 0 Å². The molecule has 0 saturated heterocycles. The van der Waals surface area contributed by atoms with Crippen molar-refractivity contribution >= 4 is 11.5 Å². The van der Waals surface area contributed by atoms with Gasteiger partial charge in [0.05, 0.1) is 17.6 Å². The van der Waals surface area contributed by atoms with Crippen LogP contribution in [-0.4, -0.2) is 34.0 Å². The number of anilines is 1. The van der Waals surface area contributed by atoms with Crippen molar-refractivity contribution in [2.45, 2.75) is 38.7 Å². The average Bonchev–Trinajstić information content (AvgIpc) is 2.93. The minimum Gasteiger partial charge on any atom is -0.376 e. The van der Waals surface area contributed by atoms with Crippen LogP contribution >= 0.6 is 0 Å². The SMILES string of the molecule is Cc1nn(C)c(NCCOC2CCCC2)c1[N+](=O)[O-]. The van der Waals surface area contributed by atoms with E-state index in [1.165, 1.54) is 17.5 Å². The number of nitrogens with one attached hydrogen (secondary N) is 1. The minimum atomic E-state index is -0.400. The van der Waals surface area contributed by atoms with E-state index in [2.05, 4.69) is 10.4 Å². The van der Waals surface area contributed by atoms with Crippen molar-refractivity contribution in [1.29, 1.82) is 0 Å². The lowest BCUT2D eigenvalue weighted by molar-refractivity contribution is -0.384. The van der Waals surface area contributed by atoms with E-state index in [0.29, 0.717) is 30.8 Å². The summed E-state index contributed by atoms with van der Waals surface area (Å²) in [5.74, 6) is 0.442. The summed E-state index contributed by atoms with van der Waals surface area (Å²) in [4.78, 5) is 10.6. The smallest absolute Gasteiger partial charge is 0.333 e. The van der Waals surface area contributed by atoms with Gasteiger partial charge in [-0.05, 0) is 19.8 Å². The Morgan fingerprint density at radius 3 is 2.84 bits per heavy atom. The predicted molar refractivity (Wildman–Crippen MR) is 71.3 cm³/mol. The van der Waals surface area contributed by atoms with Crippen LogP contribution in [0, 0.1) is 17.0 Å². The number of ether oxygens (including phenoxy) is 1. The van der Waals surface area contributed by atoms with Crippen molar-refractivity contribution in [3.8, 4) is 0 Å². The van der Waals surface area contributed by atoms with E-state index in [1.54, 1.807) is 14.0 Å². The highest BCUT2D eigenvalue weighted by molar-refractivity contribution is 5.59. The Morgan fingerprint density at radius 1 is 1.53 bits per heavy atom. The molecule has 0 unspecified atom stereocenters. The molecule has 19 heavy (non-hydrogen) atoms. The molecule has 0 aromatic carbocycles. The molecule has 1 fully saturated rings. The first-order valence-corrected chi connectivity index (χ1v) is 6.63. The number of aryl methyl sites for hydroxylation is 2. The lowest BCUT2D eigenvalue weighted by Gasteiger charge is -2.11. The first kappa shape index (κ1) is 13.8. The van der Waals surface area contributed by atoms with Gasteiger partial charge in [0, 0.05) is 13.6 Å². The summed E-state index contributed by atoms with van der Waals surface area (Å²) in [5.41, 5.74) is 0.468. The standard InChI is InChI=1S/C12H20N4O3/c1-9-11(16(17)18)12(15(2)14-9)13-7-8-19-10-5-3-4-6-10/h10,13H,3-8H2,1-2H3. The second kappa shape index (κ2) is 6.01. The highest BCUT2D eigenvalue weighted by Gasteiger charge is 2.23. The lowest BCUT2D eigenvalue weighted by atomic mass is 10.3. The highest BCUT2D eigenvalue weighted by Crippen LogP contribution is 2.27. The second-order valence-electron chi connectivity index (χ2n) is 4.87. The summed E-state index contributed by atoms with van der Waals surface area (Å²) < 4.78 is 7.21. The predicted octanol–water partition coefficient (Wildman–Crippen LogP) is 2.01. The summed E-state index contributed by atoms with van der Waals surface area (Å²) >= 11 is 0. The highest BCUT2D eigenvalue weighted by atomic mass is 16.6. The fraction of sp³-hybridized carbons (Fsp3) is 0.750. The van der Waals surface area contributed by atoms with E-state index >= 15 is 0 Å². The fourth-order valence-electron chi connectivity index (χ4n) is 2.51. The lowest BCUT2D eigenvalue weighted by Crippen LogP contribution is -2.17. The Bertz CT molecular complexity index is 452. The zero-order valence-electron chi connectivity index (χ0n) is 11.4. The third-order valence-corrected chi connectivity index (χ3v) is 3.42. The monoisotopic (exact) mass is 268 g/mol. The Kier molecular flexibility index (Phi) is 4.36. The van der Waals surface area contributed by atoms with Gasteiger partial charge in [-0.3, -0.25) is 10.1 Å². The van der Waals surface area contributed by atoms with Crippen LogP contribution < -0.4 is 5.32 Å². The van der Waals surface area contributed by atoms with E-state index in [9.17, 15) is 10.1 Å². The number of rotatable bonds is 6. The maximum absolute atomic E-state index is 11.0. The zero-order valence-corrected chi connectivity index (χ0v) is 11.4. The normalized spacial score (nSPS) is 15.9. The third kappa shape index (κ3) is 3.23. The molecule has 0 spiro atoms. The molecule has 1 aliphatic rings. The largest absolute Gasteiger partial charge is 0.376 e. The molecule has 1 aromatic heterocycles. The topological polar surface area (TPSA) is 82.2 Å². The van der Waals surface area contributed by atoms with Gasteiger partial charge in [0.15, 0.2) is 0 Å². The molecular weight excluding hydrogens is 248 g/mol. The van der Waals surface area contributed by atoms with Gasteiger partial charge in [-0.15, -0.1) is 0 Å². The van der Waals surface area contributed by atoms with Gasteiger partial charge >= 0.3 is 5.69 Å².